The van der Waals surface area contributed by atoms with Gasteiger partial charge in [0, 0.05) is 17.6 Å². The molecule has 3 heteroatoms. The van der Waals surface area contributed by atoms with Crippen molar-refractivity contribution in [1.29, 1.82) is 0 Å². The van der Waals surface area contributed by atoms with Crippen LogP contribution in [-0.2, 0) is 4.74 Å². The zero-order chi connectivity index (χ0) is 10.8. The summed E-state index contributed by atoms with van der Waals surface area (Å²) >= 11 is 1.95. The summed E-state index contributed by atoms with van der Waals surface area (Å²) in [5, 5.41) is 0.675. The molecule has 0 bridgehead atoms. The fourth-order valence-corrected chi connectivity index (χ4v) is 1.97. The Bertz CT molecular complexity index is 120. The van der Waals surface area contributed by atoms with E-state index >= 15 is 0 Å². The molecule has 0 aromatic rings. The lowest BCUT2D eigenvalue weighted by molar-refractivity contribution is 0.138. The van der Waals surface area contributed by atoms with Crippen LogP contribution >= 0.6 is 11.8 Å². The van der Waals surface area contributed by atoms with Gasteiger partial charge in [-0.15, -0.1) is 0 Å². The first kappa shape index (κ1) is 14.3. The van der Waals surface area contributed by atoms with Crippen LogP contribution in [0.5, 0.6) is 0 Å². The van der Waals surface area contributed by atoms with Crippen LogP contribution in [-0.4, -0.2) is 30.8 Å². The molecule has 0 spiro atoms. The third-order valence-electron chi connectivity index (χ3n) is 2.04. The summed E-state index contributed by atoms with van der Waals surface area (Å²) in [5.74, 6) is 1.85. The largest absolute Gasteiger partial charge is 0.381 e. The average molecular weight is 219 g/mol. The molecule has 1 atom stereocenters. The van der Waals surface area contributed by atoms with Crippen molar-refractivity contribution in [2.45, 2.75) is 38.9 Å². The average Bonchev–Trinajstić information content (AvgIpc) is 2.11. The van der Waals surface area contributed by atoms with E-state index in [4.69, 9.17) is 10.5 Å². The first-order valence-corrected chi connectivity index (χ1v) is 6.61. The van der Waals surface area contributed by atoms with Crippen LogP contribution in [0.3, 0.4) is 0 Å². The number of hydrogen-bond acceptors (Lipinski definition) is 3. The molecule has 0 aromatic carbocycles. The molecule has 2 N–H and O–H groups in total. The zero-order valence-electron chi connectivity index (χ0n) is 9.79. The van der Waals surface area contributed by atoms with Crippen LogP contribution in [0.4, 0.5) is 0 Å². The van der Waals surface area contributed by atoms with Gasteiger partial charge in [0.05, 0.1) is 6.61 Å². The van der Waals surface area contributed by atoms with Gasteiger partial charge in [0.15, 0.2) is 0 Å². The monoisotopic (exact) mass is 219 g/mol. The number of hydrogen-bond donors (Lipinski definition) is 1. The van der Waals surface area contributed by atoms with Crippen LogP contribution in [0.25, 0.3) is 0 Å². The molecule has 0 aliphatic heterocycles. The minimum absolute atomic E-state index is 0.675. The van der Waals surface area contributed by atoms with Gasteiger partial charge in [0.2, 0.25) is 0 Å². The van der Waals surface area contributed by atoms with E-state index in [1.54, 1.807) is 0 Å². The zero-order valence-corrected chi connectivity index (χ0v) is 10.6. The van der Waals surface area contributed by atoms with Crippen molar-refractivity contribution in [2.24, 2.45) is 11.7 Å². The number of nitrogens with two attached hydrogens (primary N) is 1. The Kier molecular flexibility index (Phi) is 10.0. The normalized spacial score (nSPS) is 13.5. The SMILES string of the molecule is CC(C)CCOCCSC(C)CCN. The van der Waals surface area contributed by atoms with E-state index in [1.165, 1.54) is 6.42 Å². The second-order valence-corrected chi connectivity index (χ2v) is 5.60. The molecule has 0 saturated carbocycles. The van der Waals surface area contributed by atoms with Crippen LogP contribution < -0.4 is 5.73 Å². The van der Waals surface area contributed by atoms with Gasteiger partial charge in [-0.2, -0.15) is 11.8 Å². The highest BCUT2D eigenvalue weighted by atomic mass is 32.2. The maximum absolute atomic E-state index is 5.52. The standard InChI is InChI=1S/C11H25NOS/c1-10(2)5-7-13-8-9-14-11(3)4-6-12/h10-11H,4-9,12H2,1-3H3. The summed E-state index contributed by atoms with van der Waals surface area (Å²) in [6.45, 7) is 9.26. The van der Waals surface area contributed by atoms with E-state index < -0.39 is 0 Å². The fourth-order valence-electron chi connectivity index (χ4n) is 1.05. The third-order valence-corrected chi connectivity index (χ3v) is 3.25. The van der Waals surface area contributed by atoms with Crippen molar-refractivity contribution in [1.82, 2.24) is 0 Å². The molecular weight excluding hydrogens is 194 g/mol. The van der Waals surface area contributed by atoms with E-state index in [2.05, 4.69) is 20.8 Å². The summed E-state index contributed by atoms with van der Waals surface area (Å²) in [7, 11) is 0. The minimum atomic E-state index is 0.675. The Morgan fingerprint density at radius 2 is 1.86 bits per heavy atom. The highest BCUT2D eigenvalue weighted by Gasteiger charge is 2.00. The molecule has 0 saturated heterocycles. The van der Waals surface area contributed by atoms with Gasteiger partial charge in [-0.3, -0.25) is 0 Å². The topological polar surface area (TPSA) is 35.2 Å². The maximum Gasteiger partial charge on any atom is 0.0556 e. The lowest BCUT2D eigenvalue weighted by Gasteiger charge is -2.10. The summed E-state index contributed by atoms with van der Waals surface area (Å²) in [6, 6.07) is 0. The highest BCUT2D eigenvalue weighted by Crippen LogP contribution is 2.12. The smallest absolute Gasteiger partial charge is 0.0556 e. The second kappa shape index (κ2) is 9.81. The Morgan fingerprint density at radius 3 is 2.43 bits per heavy atom. The predicted octanol–water partition coefficient (Wildman–Crippen LogP) is 2.52. The molecule has 0 fully saturated rings. The first-order valence-electron chi connectivity index (χ1n) is 5.56. The third kappa shape index (κ3) is 10.4. The van der Waals surface area contributed by atoms with E-state index in [-0.39, 0.29) is 0 Å². The Labute approximate surface area is 93.0 Å². The Hall–Kier alpha value is 0.270. The van der Waals surface area contributed by atoms with E-state index in [9.17, 15) is 0 Å². The van der Waals surface area contributed by atoms with Crippen molar-refractivity contribution in [3.8, 4) is 0 Å². The minimum Gasteiger partial charge on any atom is -0.381 e. The highest BCUT2D eigenvalue weighted by molar-refractivity contribution is 7.99. The Balaban J connectivity index is 3.05. The van der Waals surface area contributed by atoms with E-state index in [1.807, 2.05) is 11.8 Å². The molecule has 1 unspecified atom stereocenters. The van der Waals surface area contributed by atoms with Crippen LogP contribution in [0.1, 0.15) is 33.6 Å². The Morgan fingerprint density at radius 1 is 1.14 bits per heavy atom. The van der Waals surface area contributed by atoms with Gasteiger partial charge >= 0.3 is 0 Å². The summed E-state index contributed by atoms with van der Waals surface area (Å²) in [6.07, 6.45) is 2.28. The van der Waals surface area contributed by atoms with E-state index in [0.717, 1.165) is 37.9 Å². The summed E-state index contributed by atoms with van der Waals surface area (Å²) in [5.41, 5.74) is 5.47. The van der Waals surface area contributed by atoms with Crippen molar-refractivity contribution < 1.29 is 4.74 Å². The van der Waals surface area contributed by atoms with Crippen molar-refractivity contribution in [3.63, 3.8) is 0 Å². The van der Waals surface area contributed by atoms with Gasteiger partial charge in [0.25, 0.3) is 0 Å². The van der Waals surface area contributed by atoms with Crippen molar-refractivity contribution >= 4 is 11.8 Å². The van der Waals surface area contributed by atoms with Gasteiger partial charge in [-0.1, -0.05) is 20.8 Å². The lowest BCUT2D eigenvalue weighted by Crippen LogP contribution is -2.09. The van der Waals surface area contributed by atoms with E-state index in [0.29, 0.717) is 5.25 Å². The molecule has 2 nitrogen and oxygen atoms in total. The molecule has 14 heavy (non-hydrogen) atoms. The number of thioether (sulfide) groups is 1. The molecule has 0 radical (unpaired) electrons. The molecule has 0 aliphatic carbocycles. The molecule has 0 heterocycles. The van der Waals surface area contributed by atoms with Crippen LogP contribution in [0, 0.1) is 5.92 Å². The van der Waals surface area contributed by atoms with Crippen LogP contribution in [0.15, 0.2) is 0 Å². The number of rotatable bonds is 9. The van der Waals surface area contributed by atoms with Crippen molar-refractivity contribution in [2.75, 3.05) is 25.5 Å². The first-order chi connectivity index (χ1) is 6.66. The molecule has 0 rings (SSSR count). The molecule has 86 valence electrons. The summed E-state index contributed by atoms with van der Waals surface area (Å²) in [4.78, 5) is 0. The quantitative estimate of drug-likeness (QED) is 0.605. The molecular formula is C11H25NOS. The second-order valence-electron chi connectivity index (χ2n) is 4.05. The van der Waals surface area contributed by atoms with Gasteiger partial charge < -0.3 is 10.5 Å². The number of ether oxygens (including phenoxy) is 1. The maximum atomic E-state index is 5.52. The van der Waals surface area contributed by atoms with Crippen LogP contribution in [0.2, 0.25) is 0 Å². The molecule has 0 amide bonds. The van der Waals surface area contributed by atoms with Gasteiger partial charge in [0.1, 0.15) is 0 Å². The predicted molar refractivity (Wildman–Crippen MR) is 65.9 cm³/mol. The molecule has 0 aromatic heterocycles. The lowest BCUT2D eigenvalue weighted by atomic mass is 10.1. The van der Waals surface area contributed by atoms with Crippen molar-refractivity contribution in [3.05, 3.63) is 0 Å². The summed E-state index contributed by atoms with van der Waals surface area (Å²) < 4.78 is 5.52. The molecule has 0 aliphatic rings. The fraction of sp³-hybridized carbons (Fsp3) is 1.00. The van der Waals surface area contributed by atoms with Gasteiger partial charge in [-0.25, -0.2) is 0 Å². The van der Waals surface area contributed by atoms with Gasteiger partial charge in [-0.05, 0) is 25.3 Å².